The molecule has 0 aromatic heterocycles. The van der Waals surface area contributed by atoms with Crippen LogP contribution < -0.4 is 16.2 Å². The van der Waals surface area contributed by atoms with Gasteiger partial charge < -0.3 is 21.3 Å². The first-order chi connectivity index (χ1) is 6.09. The van der Waals surface area contributed by atoms with Crippen LogP contribution in [-0.4, -0.2) is 17.8 Å². The molecule has 1 aromatic rings. The van der Waals surface area contributed by atoms with E-state index in [-0.39, 0.29) is 6.61 Å². The highest BCUT2D eigenvalue weighted by Gasteiger charge is 2.02. The smallest absolute Gasteiger partial charge is 0.142 e. The molecule has 1 unspecified atom stereocenters. The van der Waals surface area contributed by atoms with Crippen LogP contribution in [0.4, 0.5) is 11.4 Å². The zero-order chi connectivity index (χ0) is 9.84. The van der Waals surface area contributed by atoms with E-state index >= 15 is 0 Å². The first kappa shape index (κ1) is 9.67. The third-order valence-corrected chi connectivity index (χ3v) is 1.51. The largest absolute Gasteiger partial charge is 0.489 e. The summed E-state index contributed by atoms with van der Waals surface area (Å²) in [6.07, 6.45) is -0.503. The van der Waals surface area contributed by atoms with Crippen molar-refractivity contribution in [2.45, 2.75) is 13.0 Å². The van der Waals surface area contributed by atoms with E-state index in [1.165, 1.54) is 0 Å². The van der Waals surface area contributed by atoms with Gasteiger partial charge in [-0.15, -0.1) is 0 Å². The molecule has 4 nitrogen and oxygen atoms in total. The van der Waals surface area contributed by atoms with Crippen LogP contribution in [0.2, 0.25) is 0 Å². The SMILES string of the molecule is CC(O)COc1ccc(N)cc1N. The maximum atomic E-state index is 8.97. The van der Waals surface area contributed by atoms with Gasteiger partial charge in [0, 0.05) is 5.69 Å². The Balaban J connectivity index is 2.67. The van der Waals surface area contributed by atoms with Gasteiger partial charge in [0.05, 0.1) is 11.8 Å². The van der Waals surface area contributed by atoms with Crippen LogP contribution in [0.3, 0.4) is 0 Å². The van der Waals surface area contributed by atoms with Gasteiger partial charge >= 0.3 is 0 Å². The van der Waals surface area contributed by atoms with E-state index in [0.29, 0.717) is 17.1 Å². The lowest BCUT2D eigenvalue weighted by molar-refractivity contribution is 0.123. The fourth-order valence-electron chi connectivity index (χ4n) is 0.909. The molecule has 1 aromatic carbocycles. The molecule has 5 N–H and O–H groups in total. The minimum atomic E-state index is -0.503. The second-order valence-electron chi connectivity index (χ2n) is 2.96. The normalized spacial score (nSPS) is 12.5. The van der Waals surface area contributed by atoms with Crippen LogP contribution in [0.5, 0.6) is 5.75 Å². The fourth-order valence-corrected chi connectivity index (χ4v) is 0.909. The number of hydrogen-bond acceptors (Lipinski definition) is 4. The standard InChI is InChI=1S/C9H14N2O2/c1-6(12)5-13-9-3-2-7(10)4-8(9)11/h2-4,6,12H,5,10-11H2,1H3. The molecule has 0 aliphatic rings. The zero-order valence-corrected chi connectivity index (χ0v) is 7.53. The highest BCUT2D eigenvalue weighted by atomic mass is 16.5. The van der Waals surface area contributed by atoms with Crippen LogP contribution >= 0.6 is 0 Å². The molecule has 0 heterocycles. The lowest BCUT2D eigenvalue weighted by Gasteiger charge is -2.10. The van der Waals surface area contributed by atoms with Crippen molar-refractivity contribution in [2.24, 2.45) is 0 Å². The molecule has 72 valence electrons. The van der Waals surface area contributed by atoms with E-state index in [1.807, 2.05) is 0 Å². The predicted molar refractivity (Wildman–Crippen MR) is 52.4 cm³/mol. The molecular formula is C9H14N2O2. The van der Waals surface area contributed by atoms with E-state index in [2.05, 4.69) is 0 Å². The molecule has 0 radical (unpaired) electrons. The van der Waals surface area contributed by atoms with E-state index in [1.54, 1.807) is 25.1 Å². The Hall–Kier alpha value is -1.42. The van der Waals surface area contributed by atoms with Gasteiger partial charge in [0.2, 0.25) is 0 Å². The highest BCUT2D eigenvalue weighted by molar-refractivity contribution is 5.60. The number of nitrogen functional groups attached to an aromatic ring is 2. The van der Waals surface area contributed by atoms with Crippen LogP contribution in [0.1, 0.15) is 6.92 Å². The molecule has 0 spiro atoms. The predicted octanol–water partition coefficient (Wildman–Crippen LogP) is 0.611. The Morgan fingerprint density at radius 1 is 1.46 bits per heavy atom. The molecule has 1 rings (SSSR count). The quantitative estimate of drug-likeness (QED) is 0.598. The third kappa shape index (κ3) is 2.83. The van der Waals surface area contributed by atoms with Crippen molar-refractivity contribution in [3.63, 3.8) is 0 Å². The molecule has 0 saturated heterocycles. The van der Waals surface area contributed by atoms with Crippen molar-refractivity contribution >= 4 is 11.4 Å². The van der Waals surface area contributed by atoms with Gasteiger partial charge in [-0.05, 0) is 25.1 Å². The van der Waals surface area contributed by atoms with Gasteiger partial charge in [-0.1, -0.05) is 0 Å². The summed E-state index contributed by atoms with van der Waals surface area (Å²) < 4.78 is 5.22. The van der Waals surface area contributed by atoms with Crippen LogP contribution in [0.25, 0.3) is 0 Å². The molecule has 0 bridgehead atoms. The average Bonchev–Trinajstić information content (AvgIpc) is 2.02. The third-order valence-electron chi connectivity index (χ3n) is 1.51. The lowest BCUT2D eigenvalue weighted by Crippen LogP contribution is -2.13. The number of rotatable bonds is 3. The Kier molecular flexibility index (Phi) is 2.97. The minimum absolute atomic E-state index is 0.230. The average molecular weight is 182 g/mol. The van der Waals surface area contributed by atoms with Gasteiger partial charge in [-0.25, -0.2) is 0 Å². The van der Waals surface area contributed by atoms with Crippen molar-refractivity contribution in [2.75, 3.05) is 18.1 Å². The number of ether oxygens (including phenoxy) is 1. The van der Waals surface area contributed by atoms with E-state index in [9.17, 15) is 0 Å². The molecule has 0 saturated carbocycles. The van der Waals surface area contributed by atoms with Gasteiger partial charge in [-0.3, -0.25) is 0 Å². The van der Waals surface area contributed by atoms with Gasteiger partial charge in [0.25, 0.3) is 0 Å². The molecule has 0 aliphatic carbocycles. The summed E-state index contributed by atoms with van der Waals surface area (Å²) in [5.41, 5.74) is 12.2. The number of nitrogens with two attached hydrogens (primary N) is 2. The van der Waals surface area contributed by atoms with E-state index < -0.39 is 6.10 Å². The number of aliphatic hydroxyl groups is 1. The van der Waals surface area contributed by atoms with Gasteiger partial charge in [0.15, 0.2) is 0 Å². The maximum absolute atomic E-state index is 8.97. The van der Waals surface area contributed by atoms with Crippen molar-refractivity contribution < 1.29 is 9.84 Å². The second-order valence-corrected chi connectivity index (χ2v) is 2.96. The molecule has 13 heavy (non-hydrogen) atoms. The first-order valence-corrected chi connectivity index (χ1v) is 4.05. The van der Waals surface area contributed by atoms with Gasteiger partial charge in [0.1, 0.15) is 12.4 Å². The number of hydrogen-bond donors (Lipinski definition) is 3. The molecule has 1 atom stereocenters. The molecule has 0 aliphatic heterocycles. The Morgan fingerprint density at radius 2 is 2.15 bits per heavy atom. The Labute approximate surface area is 77.1 Å². The molecular weight excluding hydrogens is 168 g/mol. The summed E-state index contributed by atoms with van der Waals surface area (Å²) >= 11 is 0. The Morgan fingerprint density at radius 3 is 2.69 bits per heavy atom. The summed E-state index contributed by atoms with van der Waals surface area (Å²) in [6, 6.07) is 5.01. The van der Waals surface area contributed by atoms with Crippen LogP contribution in [0, 0.1) is 0 Å². The van der Waals surface area contributed by atoms with Crippen molar-refractivity contribution in [3.05, 3.63) is 18.2 Å². The lowest BCUT2D eigenvalue weighted by atomic mass is 10.2. The second kappa shape index (κ2) is 4.00. The number of anilines is 2. The fraction of sp³-hybridized carbons (Fsp3) is 0.333. The summed E-state index contributed by atoms with van der Waals surface area (Å²) in [5, 5.41) is 8.97. The monoisotopic (exact) mass is 182 g/mol. The topological polar surface area (TPSA) is 81.5 Å². The molecule has 4 heteroatoms. The van der Waals surface area contributed by atoms with Crippen molar-refractivity contribution in [3.8, 4) is 5.75 Å². The summed E-state index contributed by atoms with van der Waals surface area (Å²) in [7, 11) is 0. The van der Waals surface area contributed by atoms with Crippen LogP contribution in [0.15, 0.2) is 18.2 Å². The van der Waals surface area contributed by atoms with Crippen molar-refractivity contribution in [1.29, 1.82) is 0 Å². The van der Waals surface area contributed by atoms with Crippen molar-refractivity contribution in [1.82, 2.24) is 0 Å². The van der Waals surface area contributed by atoms with Gasteiger partial charge in [-0.2, -0.15) is 0 Å². The van der Waals surface area contributed by atoms with E-state index in [4.69, 9.17) is 21.3 Å². The van der Waals surface area contributed by atoms with E-state index in [0.717, 1.165) is 0 Å². The summed E-state index contributed by atoms with van der Waals surface area (Å²) in [6.45, 7) is 1.88. The Bertz CT molecular complexity index is 287. The number of benzene rings is 1. The van der Waals surface area contributed by atoms with Crippen LogP contribution in [-0.2, 0) is 0 Å². The maximum Gasteiger partial charge on any atom is 0.142 e. The minimum Gasteiger partial charge on any atom is -0.489 e. The first-order valence-electron chi connectivity index (χ1n) is 4.05. The highest BCUT2D eigenvalue weighted by Crippen LogP contribution is 2.23. The zero-order valence-electron chi connectivity index (χ0n) is 7.53. The summed E-state index contributed by atoms with van der Waals surface area (Å²) in [5.74, 6) is 0.551. The summed E-state index contributed by atoms with van der Waals surface area (Å²) in [4.78, 5) is 0. The number of aliphatic hydroxyl groups excluding tert-OH is 1. The molecule has 0 fully saturated rings. The molecule has 0 amide bonds.